The highest BCUT2D eigenvalue weighted by atomic mass is 16.4. The van der Waals surface area contributed by atoms with E-state index < -0.39 is 5.97 Å². The van der Waals surface area contributed by atoms with Gasteiger partial charge in [-0.15, -0.1) is 0 Å². The van der Waals surface area contributed by atoms with Crippen molar-refractivity contribution in [3.8, 4) is 5.75 Å². The molecule has 0 aliphatic carbocycles. The van der Waals surface area contributed by atoms with Gasteiger partial charge < -0.3 is 10.2 Å². The number of para-hydroxylation sites is 1. The standard InChI is InChI=1S/C11H12O3/c1-8(7-11(13)14)6-9-4-2-3-5-10(9)12/h2-6,12H,7H2,1H3,(H,13,14)/b8-6-. The van der Waals surface area contributed by atoms with E-state index in [1.165, 1.54) is 0 Å². The number of aromatic hydroxyl groups is 1. The van der Waals surface area contributed by atoms with E-state index in [2.05, 4.69) is 0 Å². The maximum atomic E-state index is 10.4. The minimum Gasteiger partial charge on any atom is -0.507 e. The van der Waals surface area contributed by atoms with Gasteiger partial charge in [-0.25, -0.2) is 0 Å². The molecule has 0 fully saturated rings. The van der Waals surface area contributed by atoms with Crippen LogP contribution in [0.5, 0.6) is 5.75 Å². The van der Waals surface area contributed by atoms with Crippen molar-refractivity contribution in [3.05, 3.63) is 35.4 Å². The number of hydrogen-bond acceptors (Lipinski definition) is 2. The molecule has 74 valence electrons. The molecule has 14 heavy (non-hydrogen) atoms. The van der Waals surface area contributed by atoms with Crippen molar-refractivity contribution in [2.75, 3.05) is 0 Å². The molecule has 0 aromatic heterocycles. The van der Waals surface area contributed by atoms with Crippen LogP contribution in [0.3, 0.4) is 0 Å². The quantitative estimate of drug-likeness (QED) is 0.772. The molecule has 0 spiro atoms. The molecule has 0 bridgehead atoms. The van der Waals surface area contributed by atoms with E-state index in [4.69, 9.17) is 5.11 Å². The number of rotatable bonds is 3. The summed E-state index contributed by atoms with van der Waals surface area (Å²) in [5, 5.41) is 17.9. The average Bonchev–Trinajstić information content (AvgIpc) is 2.07. The molecular weight excluding hydrogens is 180 g/mol. The fourth-order valence-corrected chi connectivity index (χ4v) is 1.16. The van der Waals surface area contributed by atoms with Crippen molar-refractivity contribution in [1.82, 2.24) is 0 Å². The van der Waals surface area contributed by atoms with E-state index in [9.17, 15) is 9.90 Å². The number of carboxylic acid groups (broad SMARTS) is 1. The summed E-state index contributed by atoms with van der Waals surface area (Å²) in [5.41, 5.74) is 1.35. The molecule has 1 aromatic rings. The number of phenols is 1. The molecule has 0 aliphatic heterocycles. The summed E-state index contributed by atoms with van der Waals surface area (Å²) in [6, 6.07) is 6.82. The van der Waals surface area contributed by atoms with Gasteiger partial charge in [0.2, 0.25) is 0 Å². The maximum absolute atomic E-state index is 10.4. The lowest BCUT2D eigenvalue weighted by Crippen LogP contribution is -1.94. The van der Waals surface area contributed by atoms with E-state index in [-0.39, 0.29) is 12.2 Å². The summed E-state index contributed by atoms with van der Waals surface area (Å²) < 4.78 is 0. The van der Waals surface area contributed by atoms with Gasteiger partial charge >= 0.3 is 5.97 Å². The largest absolute Gasteiger partial charge is 0.507 e. The third kappa shape index (κ3) is 2.94. The topological polar surface area (TPSA) is 57.5 Å². The first-order valence-electron chi connectivity index (χ1n) is 4.26. The molecule has 0 heterocycles. The normalized spacial score (nSPS) is 11.4. The van der Waals surface area contributed by atoms with Gasteiger partial charge in [-0.2, -0.15) is 0 Å². The summed E-state index contributed by atoms with van der Waals surface area (Å²) in [7, 11) is 0. The Morgan fingerprint density at radius 2 is 2.07 bits per heavy atom. The Hall–Kier alpha value is -1.77. The molecule has 1 aromatic carbocycles. The molecule has 1 rings (SSSR count). The first-order chi connectivity index (χ1) is 6.59. The second-order valence-corrected chi connectivity index (χ2v) is 3.12. The maximum Gasteiger partial charge on any atom is 0.307 e. The first kappa shape index (κ1) is 10.3. The van der Waals surface area contributed by atoms with Gasteiger partial charge in [0.1, 0.15) is 5.75 Å². The van der Waals surface area contributed by atoms with Gasteiger partial charge in [-0.3, -0.25) is 4.79 Å². The van der Waals surface area contributed by atoms with Crippen molar-refractivity contribution < 1.29 is 15.0 Å². The van der Waals surface area contributed by atoms with Crippen LogP contribution in [0.2, 0.25) is 0 Å². The van der Waals surface area contributed by atoms with Crippen molar-refractivity contribution in [3.63, 3.8) is 0 Å². The third-order valence-electron chi connectivity index (χ3n) is 1.77. The predicted octanol–water partition coefficient (Wildman–Crippen LogP) is 2.27. The number of benzene rings is 1. The van der Waals surface area contributed by atoms with Crippen LogP contribution >= 0.6 is 0 Å². The van der Waals surface area contributed by atoms with Crippen LogP contribution in [0.25, 0.3) is 6.08 Å². The van der Waals surface area contributed by atoms with Gasteiger partial charge in [-0.05, 0) is 13.0 Å². The highest BCUT2D eigenvalue weighted by Crippen LogP contribution is 2.19. The molecule has 3 nitrogen and oxygen atoms in total. The van der Waals surface area contributed by atoms with E-state index in [0.717, 1.165) is 0 Å². The molecule has 0 aliphatic rings. The zero-order chi connectivity index (χ0) is 10.6. The van der Waals surface area contributed by atoms with Gasteiger partial charge in [0.05, 0.1) is 6.42 Å². The molecular formula is C11H12O3. The highest BCUT2D eigenvalue weighted by molar-refractivity contribution is 5.73. The lowest BCUT2D eigenvalue weighted by atomic mass is 10.1. The summed E-state index contributed by atoms with van der Waals surface area (Å²) >= 11 is 0. The van der Waals surface area contributed by atoms with E-state index in [1.54, 1.807) is 37.3 Å². The fraction of sp³-hybridized carbons (Fsp3) is 0.182. The lowest BCUT2D eigenvalue weighted by molar-refractivity contribution is -0.136. The van der Waals surface area contributed by atoms with Gasteiger partial charge in [0.15, 0.2) is 0 Å². The van der Waals surface area contributed by atoms with Gasteiger partial charge in [0.25, 0.3) is 0 Å². The fourth-order valence-electron chi connectivity index (χ4n) is 1.16. The van der Waals surface area contributed by atoms with Crippen LogP contribution in [-0.2, 0) is 4.79 Å². The van der Waals surface area contributed by atoms with Gasteiger partial charge in [0, 0.05) is 5.56 Å². The van der Waals surface area contributed by atoms with Crippen LogP contribution in [0.15, 0.2) is 29.8 Å². The SMILES string of the molecule is C/C(=C/c1ccccc1O)CC(=O)O. The smallest absolute Gasteiger partial charge is 0.307 e. The van der Waals surface area contributed by atoms with Crippen molar-refractivity contribution >= 4 is 12.0 Å². The first-order valence-corrected chi connectivity index (χ1v) is 4.26. The monoisotopic (exact) mass is 192 g/mol. The number of carboxylic acids is 1. The zero-order valence-corrected chi connectivity index (χ0v) is 7.90. The van der Waals surface area contributed by atoms with E-state index >= 15 is 0 Å². The molecule has 0 atom stereocenters. The van der Waals surface area contributed by atoms with Crippen LogP contribution in [0.1, 0.15) is 18.9 Å². The Balaban J connectivity index is 2.86. The lowest BCUT2D eigenvalue weighted by Gasteiger charge is -2.00. The number of phenolic OH excluding ortho intramolecular Hbond substituents is 1. The molecule has 0 amide bonds. The average molecular weight is 192 g/mol. The number of hydrogen-bond donors (Lipinski definition) is 2. The molecule has 0 saturated heterocycles. The van der Waals surface area contributed by atoms with Crippen molar-refractivity contribution in [1.29, 1.82) is 0 Å². The summed E-state index contributed by atoms with van der Waals surface area (Å²) in [6.07, 6.45) is 1.66. The van der Waals surface area contributed by atoms with Crippen LogP contribution < -0.4 is 0 Å². The predicted molar refractivity (Wildman–Crippen MR) is 54.0 cm³/mol. The summed E-state index contributed by atoms with van der Waals surface area (Å²) in [4.78, 5) is 10.4. The molecule has 0 unspecified atom stereocenters. The summed E-state index contributed by atoms with van der Waals surface area (Å²) in [5.74, 6) is -0.702. The highest BCUT2D eigenvalue weighted by Gasteiger charge is 2.00. The van der Waals surface area contributed by atoms with E-state index in [1.807, 2.05) is 0 Å². The van der Waals surface area contributed by atoms with Crippen LogP contribution in [-0.4, -0.2) is 16.2 Å². The molecule has 2 N–H and O–H groups in total. The second-order valence-electron chi connectivity index (χ2n) is 3.12. The van der Waals surface area contributed by atoms with Crippen molar-refractivity contribution in [2.24, 2.45) is 0 Å². The molecule has 3 heteroatoms. The van der Waals surface area contributed by atoms with Crippen molar-refractivity contribution in [2.45, 2.75) is 13.3 Å². The molecule has 0 saturated carbocycles. The minimum absolute atomic E-state index is 0.00562. The third-order valence-corrected chi connectivity index (χ3v) is 1.77. The Kier molecular flexibility index (Phi) is 3.29. The Bertz CT molecular complexity index is 367. The second kappa shape index (κ2) is 4.46. The van der Waals surface area contributed by atoms with Gasteiger partial charge in [-0.1, -0.05) is 29.8 Å². The van der Waals surface area contributed by atoms with Crippen LogP contribution in [0, 0.1) is 0 Å². The number of aliphatic carboxylic acids is 1. The Morgan fingerprint density at radius 1 is 1.43 bits per heavy atom. The Labute approximate surface area is 82.3 Å². The zero-order valence-electron chi connectivity index (χ0n) is 7.90. The summed E-state index contributed by atoms with van der Waals surface area (Å²) in [6.45, 7) is 1.72. The minimum atomic E-state index is -0.867. The van der Waals surface area contributed by atoms with E-state index in [0.29, 0.717) is 11.1 Å². The Morgan fingerprint density at radius 3 is 2.64 bits per heavy atom. The van der Waals surface area contributed by atoms with Crippen LogP contribution in [0.4, 0.5) is 0 Å². The molecule has 0 radical (unpaired) electrons. The number of carbonyl (C=O) groups is 1.